The molecule has 1 heterocycles. The van der Waals surface area contributed by atoms with E-state index in [4.69, 9.17) is 0 Å². The SMILES string of the molecule is N#Cc1cc2c(n(-c3ccc(C(=O)NC4CCCCC4)cc3)c1=O)CCCC2=O. The Hall–Kier alpha value is -3.20. The van der Waals surface area contributed by atoms with Gasteiger partial charge in [0.25, 0.3) is 11.5 Å². The van der Waals surface area contributed by atoms with Gasteiger partial charge in [0.05, 0.1) is 0 Å². The Morgan fingerprint density at radius 3 is 2.45 bits per heavy atom. The molecule has 6 heteroatoms. The quantitative estimate of drug-likeness (QED) is 0.872. The molecule has 148 valence electrons. The summed E-state index contributed by atoms with van der Waals surface area (Å²) in [6, 6.07) is 10.3. The fourth-order valence-corrected chi connectivity index (χ4v) is 4.32. The number of nitrogens with one attached hydrogen (secondary N) is 1. The second-order valence-corrected chi connectivity index (χ2v) is 7.80. The molecule has 2 aliphatic carbocycles. The Labute approximate surface area is 169 Å². The molecule has 1 aromatic carbocycles. The van der Waals surface area contributed by atoms with Gasteiger partial charge in [0.1, 0.15) is 11.6 Å². The molecule has 0 unspecified atom stereocenters. The van der Waals surface area contributed by atoms with E-state index in [1.165, 1.54) is 17.1 Å². The van der Waals surface area contributed by atoms with Gasteiger partial charge in [-0.15, -0.1) is 0 Å². The molecule has 29 heavy (non-hydrogen) atoms. The first-order chi connectivity index (χ1) is 14.1. The molecular formula is C23H23N3O3. The Morgan fingerprint density at radius 1 is 1.03 bits per heavy atom. The Morgan fingerprint density at radius 2 is 1.76 bits per heavy atom. The number of rotatable bonds is 3. The Bertz CT molecular complexity index is 1050. The molecule has 0 aliphatic heterocycles. The fraction of sp³-hybridized carbons (Fsp3) is 0.391. The zero-order chi connectivity index (χ0) is 20.4. The monoisotopic (exact) mass is 389 g/mol. The number of Topliss-reactive ketones (excluding diaryl/α,β-unsaturated/α-hetero) is 1. The highest BCUT2D eigenvalue weighted by Crippen LogP contribution is 2.24. The van der Waals surface area contributed by atoms with Gasteiger partial charge < -0.3 is 5.32 Å². The van der Waals surface area contributed by atoms with E-state index in [0.717, 1.165) is 25.7 Å². The van der Waals surface area contributed by atoms with Crippen LogP contribution in [0.1, 0.15) is 76.9 Å². The molecular weight excluding hydrogens is 366 g/mol. The van der Waals surface area contributed by atoms with E-state index in [-0.39, 0.29) is 23.3 Å². The highest BCUT2D eigenvalue weighted by atomic mass is 16.2. The summed E-state index contributed by atoms with van der Waals surface area (Å²) in [5.41, 5.74) is 1.72. The number of benzene rings is 1. The van der Waals surface area contributed by atoms with Crippen LogP contribution >= 0.6 is 0 Å². The zero-order valence-electron chi connectivity index (χ0n) is 16.2. The number of carbonyl (C=O) groups is 2. The first-order valence-electron chi connectivity index (χ1n) is 10.2. The lowest BCUT2D eigenvalue weighted by atomic mass is 9.93. The van der Waals surface area contributed by atoms with Gasteiger partial charge in [-0.2, -0.15) is 5.26 Å². The van der Waals surface area contributed by atoms with Crippen molar-refractivity contribution in [2.75, 3.05) is 0 Å². The van der Waals surface area contributed by atoms with Crippen LogP contribution in [0, 0.1) is 11.3 Å². The first-order valence-corrected chi connectivity index (χ1v) is 10.2. The molecule has 0 radical (unpaired) electrons. The molecule has 4 rings (SSSR count). The number of aromatic nitrogens is 1. The molecule has 1 aromatic heterocycles. The minimum atomic E-state index is -0.430. The highest BCUT2D eigenvalue weighted by molar-refractivity contribution is 5.98. The maximum Gasteiger partial charge on any atom is 0.273 e. The maximum absolute atomic E-state index is 12.8. The van der Waals surface area contributed by atoms with Crippen LogP contribution in [0.2, 0.25) is 0 Å². The molecule has 0 bridgehead atoms. The minimum Gasteiger partial charge on any atom is -0.349 e. The summed E-state index contributed by atoms with van der Waals surface area (Å²) < 4.78 is 1.45. The lowest BCUT2D eigenvalue weighted by molar-refractivity contribution is 0.0926. The topological polar surface area (TPSA) is 92.0 Å². The molecule has 1 fully saturated rings. The van der Waals surface area contributed by atoms with Crippen LogP contribution in [-0.4, -0.2) is 22.3 Å². The smallest absolute Gasteiger partial charge is 0.273 e. The van der Waals surface area contributed by atoms with Crippen LogP contribution < -0.4 is 10.9 Å². The molecule has 1 saturated carbocycles. The third kappa shape index (κ3) is 3.73. The van der Waals surface area contributed by atoms with Gasteiger partial charge in [-0.1, -0.05) is 19.3 Å². The largest absolute Gasteiger partial charge is 0.349 e. The number of ketones is 1. The number of amides is 1. The first kappa shape index (κ1) is 19.1. The summed E-state index contributed by atoms with van der Waals surface area (Å²) in [7, 11) is 0. The fourth-order valence-electron chi connectivity index (χ4n) is 4.32. The average molecular weight is 389 g/mol. The molecule has 6 nitrogen and oxygen atoms in total. The Balaban J connectivity index is 1.66. The summed E-state index contributed by atoms with van der Waals surface area (Å²) >= 11 is 0. The van der Waals surface area contributed by atoms with Gasteiger partial charge in [0.2, 0.25) is 0 Å². The third-order valence-corrected chi connectivity index (χ3v) is 5.87. The number of fused-ring (bicyclic) bond motifs is 1. The van der Waals surface area contributed by atoms with Crippen molar-refractivity contribution in [3.05, 3.63) is 63.1 Å². The van der Waals surface area contributed by atoms with Gasteiger partial charge in [0, 0.05) is 35.0 Å². The van der Waals surface area contributed by atoms with Gasteiger partial charge >= 0.3 is 0 Å². The normalized spacial score (nSPS) is 16.7. The molecule has 0 saturated heterocycles. The van der Waals surface area contributed by atoms with E-state index in [1.807, 2.05) is 6.07 Å². The van der Waals surface area contributed by atoms with E-state index in [2.05, 4.69) is 5.32 Å². The summed E-state index contributed by atoms with van der Waals surface area (Å²) in [5.74, 6) is -0.154. The lowest BCUT2D eigenvalue weighted by Gasteiger charge is -2.23. The predicted octanol–water partition coefficient (Wildman–Crippen LogP) is 3.29. The summed E-state index contributed by atoms with van der Waals surface area (Å²) in [5, 5.41) is 12.4. The van der Waals surface area contributed by atoms with Crippen LogP contribution in [0.15, 0.2) is 35.1 Å². The molecule has 1 N–H and O–H groups in total. The molecule has 0 spiro atoms. The van der Waals surface area contributed by atoms with Crippen molar-refractivity contribution in [2.24, 2.45) is 0 Å². The van der Waals surface area contributed by atoms with Crippen LogP contribution in [0.3, 0.4) is 0 Å². The molecule has 0 atom stereocenters. The number of nitriles is 1. The highest BCUT2D eigenvalue weighted by Gasteiger charge is 2.24. The summed E-state index contributed by atoms with van der Waals surface area (Å²) in [4.78, 5) is 37.7. The van der Waals surface area contributed by atoms with Gasteiger partial charge in [-0.3, -0.25) is 19.0 Å². The Kier molecular flexibility index (Phi) is 5.30. The van der Waals surface area contributed by atoms with Gasteiger partial charge in [-0.05, 0) is 56.0 Å². The van der Waals surface area contributed by atoms with Crippen LogP contribution in [-0.2, 0) is 6.42 Å². The van der Waals surface area contributed by atoms with Crippen molar-refractivity contribution in [3.63, 3.8) is 0 Å². The summed E-state index contributed by atoms with van der Waals surface area (Å²) in [6.07, 6.45) is 7.25. The van der Waals surface area contributed by atoms with Crippen molar-refractivity contribution in [3.8, 4) is 11.8 Å². The van der Waals surface area contributed by atoms with Crippen molar-refractivity contribution >= 4 is 11.7 Å². The maximum atomic E-state index is 12.8. The average Bonchev–Trinajstić information content (AvgIpc) is 2.74. The number of hydrogen-bond donors (Lipinski definition) is 1. The van der Waals surface area contributed by atoms with Crippen LogP contribution in [0.4, 0.5) is 0 Å². The van der Waals surface area contributed by atoms with E-state index in [1.54, 1.807) is 24.3 Å². The van der Waals surface area contributed by atoms with Crippen molar-refractivity contribution in [1.82, 2.24) is 9.88 Å². The third-order valence-electron chi connectivity index (χ3n) is 5.87. The minimum absolute atomic E-state index is 0.0417. The second-order valence-electron chi connectivity index (χ2n) is 7.80. The van der Waals surface area contributed by atoms with E-state index >= 15 is 0 Å². The number of nitrogens with zero attached hydrogens (tertiary/aromatic N) is 2. The number of carbonyl (C=O) groups excluding carboxylic acids is 2. The van der Waals surface area contributed by atoms with E-state index < -0.39 is 5.56 Å². The van der Waals surface area contributed by atoms with Crippen LogP contribution in [0.25, 0.3) is 5.69 Å². The summed E-state index contributed by atoms with van der Waals surface area (Å²) in [6.45, 7) is 0. The van der Waals surface area contributed by atoms with E-state index in [9.17, 15) is 19.6 Å². The van der Waals surface area contributed by atoms with Gasteiger partial charge in [-0.25, -0.2) is 0 Å². The van der Waals surface area contributed by atoms with Crippen molar-refractivity contribution in [1.29, 1.82) is 5.26 Å². The number of hydrogen-bond acceptors (Lipinski definition) is 4. The van der Waals surface area contributed by atoms with Crippen molar-refractivity contribution in [2.45, 2.75) is 57.4 Å². The second kappa shape index (κ2) is 8.04. The standard InChI is InChI=1S/C23H23N3O3/c24-14-16-13-19-20(7-4-8-21(19)27)26(23(16)29)18-11-9-15(10-12-18)22(28)25-17-5-2-1-3-6-17/h9-13,17H,1-8H2,(H,25,28). The predicted molar refractivity (Wildman–Crippen MR) is 108 cm³/mol. The molecule has 2 aliphatic rings. The number of pyridine rings is 1. The van der Waals surface area contributed by atoms with Crippen molar-refractivity contribution < 1.29 is 9.59 Å². The lowest BCUT2D eigenvalue weighted by Crippen LogP contribution is -2.36. The van der Waals surface area contributed by atoms with Gasteiger partial charge in [0.15, 0.2) is 5.78 Å². The molecule has 1 amide bonds. The zero-order valence-corrected chi connectivity index (χ0v) is 16.2. The van der Waals surface area contributed by atoms with Crippen LogP contribution in [0.5, 0.6) is 0 Å². The van der Waals surface area contributed by atoms with E-state index in [0.29, 0.717) is 41.8 Å². The molecule has 2 aromatic rings.